The number of anilines is 1. The van der Waals surface area contributed by atoms with Gasteiger partial charge in [0.05, 0.1) is 0 Å². The number of hydrogen-bond donors (Lipinski definition) is 0. The summed E-state index contributed by atoms with van der Waals surface area (Å²) in [6.45, 7) is 0.911. The lowest BCUT2D eigenvalue weighted by molar-refractivity contribution is -0.109. The highest BCUT2D eigenvalue weighted by atomic mass is 79.9. The van der Waals surface area contributed by atoms with Crippen LogP contribution in [0.4, 0.5) is 5.69 Å². The number of nitrogens with zero attached hydrogens (tertiary/aromatic N) is 3. The third kappa shape index (κ3) is 2.70. The second kappa shape index (κ2) is 6.09. The minimum Gasteiger partial charge on any atom is -0.321 e. The fourth-order valence-electron chi connectivity index (χ4n) is 3.01. The van der Waals surface area contributed by atoms with E-state index in [9.17, 15) is 4.79 Å². The van der Waals surface area contributed by atoms with Crippen molar-refractivity contribution in [1.82, 2.24) is 4.98 Å². The first-order valence-corrected chi connectivity index (χ1v) is 9.09. The maximum Gasteiger partial charge on any atom is 0.171 e. The lowest BCUT2D eigenvalue weighted by Crippen LogP contribution is -2.35. The Morgan fingerprint density at radius 3 is 3.13 bits per heavy atom. The number of amidine groups is 1. The molecule has 23 heavy (non-hydrogen) atoms. The van der Waals surface area contributed by atoms with E-state index in [2.05, 4.69) is 49.0 Å². The van der Waals surface area contributed by atoms with Gasteiger partial charge in [-0.15, -0.1) is 0 Å². The number of halogens is 1. The van der Waals surface area contributed by atoms with Gasteiger partial charge in [0.25, 0.3) is 0 Å². The molecule has 1 unspecified atom stereocenters. The largest absolute Gasteiger partial charge is 0.321 e. The molecular weight excluding hydrogens is 374 g/mol. The van der Waals surface area contributed by atoms with E-state index in [-0.39, 0.29) is 0 Å². The van der Waals surface area contributed by atoms with Crippen molar-refractivity contribution < 1.29 is 4.79 Å². The zero-order valence-electron chi connectivity index (χ0n) is 12.3. The number of fused-ring (bicyclic) bond motifs is 2. The number of carbonyl (C=O) groups is 1. The van der Waals surface area contributed by atoms with Crippen LogP contribution in [-0.2, 0) is 11.2 Å². The van der Waals surface area contributed by atoms with Crippen molar-refractivity contribution in [1.29, 1.82) is 0 Å². The molecule has 6 heteroatoms. The van der Waals surface area contributed by atoms with E-state index in [1.807, 2.05) is 12.1 Å². The van der Waals surface area contributed by atoms with Gasteiger partial charge in [0.2, 0.25) is 0 Å². The summed E-state index contributed by atoms with van der Waals surface area (Å²) in [5, 5.41) is 1.73. The Morgan fingerprint density at radius 2 is 2.26 bits per heavy atom. The zero-order chi connectivity index (χ0) is 15.8. The molecular formula is C17H14BrN3OS. The highest BCUT2D eigenvalue weighted by molar-refractivity contribution is 9.10. The maximum absolute atomic E-state index is 11.5. The van der Waals surface area contributed by atoms with Crippen molar-refractivity contribution in [2.24, 2.45) is 4.99 Å². The van der Waals surface area contributed by atoms with E-state index in [1.54, 1.807) is 18.0 Å². The van der Waals surface area contributed by atoms with E-state index in [4.69, 9.17) is 0 Å². The molecule has 0 fully saturated rings. The SMILES string of the molecule is O=CC1N=C(N2CCCc3cc(Br)ccc32)Sc2ncccc21. The van der Waals surface area contributed by atoms with Gasteiger partial charge < -0.3 is 9.69 Å². The van der Waals surface area contributed by atoms with Gasteiger partial charge >= 0.3 is 0 Å². The predicted molar refractivity (Wildman–Crippen MR) is 96.1 cm³/mol. The van der Waals surface area contributed by atoms with Crippen LogP contribution in [0.15, 0.2) is 51.0 Å². The number of rotatable bonds is 1. The predicted octanol–water partition coefficient (Wildman–Crippen LogP) is 4.00. The number of carbonyl (C=O) groups excluding carboxylic acids is 1. The van der Waals surface area contributed by atoms with E-state index in [1.165, 1.54) is 11.3 Å². The first-order chi connectivity index (χ1) is 11.3. The van der Waals surface area contributed by atoms with Crippen LogP contribution in [-0.4, -0.2) is 23.0 Å². The first kappa shape index (κ1) is 14.9. The number of aromatic nitrogens is 1. The topological polar surface area (TPSA) is 45.6 Å². The van der Waals surface area contributed by atoms with Crippen molar-refractivity contribution in [3.63, 3.8) is 0 Å². The Labute approximate surface area is 147 Å². The highest BCUT2D eigenvalue weighted by Gasteiger charge is 2.29. The summed E-state index contributed by atoms with van der Waals surface area (Å²) < 4.78 is 1.09. The average Bonchev–Trinajstić information content (AvgIpc) is 2.60. The number of benzene rings is 1. The van der Waals surface area contributed by atoms with Gasteiger partial charge in [0.15, 0.2) is 5.17 Å². The molecule has 0 N–H and O–H groups in total. The lowest BCUT2D eigenvalue weighted by atomic mass is 10.0. The molecule has 0 saturated heterocycles. The third-order valence-electron chi connectivity index (χ3n) is 4.08. The number of aryl methyl sites for hydroxylation is 1. The fraction of sp³-hybridized carbons (Fsp3) is 0.235. The molecule has 2 aliphatic heterocycles. The Morgan fingerprint density at radius 1 is 1.35 bits per heavy atom. The van der Waals surface area contributed by atoms with Crippen LogP contribution >= 0.6 is 27.7 Å². The van der Waals surface area contributed by atoms with E-state index < -0.39 is 6.04 Å². The summed E-state index contributed by atoms with van der Waals surface area (Å²) >= 11 is 5.08. The molecule has 0 bridgehead atoms. The molecule has 0 amide bonds. The number of aliphatic imine (C=N–C) groups is 1. The fourth-order valence-corrected chi connectivity index (χ4v) is 4.48. The molecule has 1 atom stereocenters. The Balaban J connectivity index is 1.75. The molecule has 0 radical (unpaired) electrons. The van der Waals surface area contributed by atoms with E-state index in [0.29, 0.717) is 0 Å². The molecule has 2 aromatic rings. The summed E-state index contributed by atoms with van der Waals surface area (Å²) in [5.41, 5.74) is 3.38. The van der Waals surface area contributed by atoms with Crippen molar-refractivity contribution >= 4 is 44.8 Å². The molecule has 0 saturated carbocycles. The van der Waals surface area contributed by atoms with Crippen LogP contribution in [0.5, 0.6) is 0 Å². The number of hydrogen-bond acceptors (Lipinski definition) is 5. The summed E-state index contributed by atoms with van der Waals surface area (Å²) in [6, 6.07) is 9.65. The minimum absolute atomic E-state index is 0.462. The summed E-state index contributed by atoms with van der Waals surface area (Å²) in [6.07, 6.45) is 4.80. The lowest BCUT2D eigenvalue weighted by Gasteiger charge is -2.33. The highest BCUT2D eigenvalue weighted by Crippen LogP contribution is 2.38. The summed E-state index contributed by atoms with van der Waals surface area (Å²) in [5.74, 6) is 0. The van der Waals surface area contributed by atoms with Crippen LogP contribution in [0.25, 0.3) is 0 Å². The molecule has 4 rings (SSSR count). The number of thioether (sulfide) groups is 1. The van der Waals surface area contributed by atoms with Gasteiger partial charge in [0, 0.05) is 28.5 Å². The van der Waals surface area contributed by atoms with Crippen LogP contribution in [0.2, 0.25) is 0 Å². The van der Waals surface area contributed by atoms with Gasteiger partial charge in [-0.05, 0) is 54.4 Å². The molecule has 0 spiro atoms. The third-order valence-corrected chi connectivity index (χ3v) is 5.61. The number of pyridine rings is 1. The molecule has 0 aliphatic carbocycles. The van der Waals surface area contributed by atoms with Crippen molar-refractivity contribution in [3.05, 3.63) is 52.1 Å². The van der Waals surface area contributed by atoms with Crippen molar-refractivity contribution in [3.8, 4) is 0 Å². The van der Waals surface area contributed by atoms with Crippen LogP contribution in [0, 0.1) is 0 Å². The molecule has 116 valence electrons. The Bertz CT molecular complexity index is 808. The normalized spacial score (nSPS) is 19.6. The molecule has 4 nitrogen and oxygen atoms in total. The quantitative estimate of drug-likeness (QED) is 0.693. The zero-order valence-corrected chi connectivity index (χ0v) is 14.7. The van der Waals surface area contributed by atoms with Gasteiger partial charge in [0.1, 0.15) is 17.4 Å². The Kier molecular flexibility index (Phi) is 3.95. The smallest absolute Gasteiger partial charge is 0.171 e. The van der Waals surface area contributed by atoms with Gasteiger partial charge in [-0.3, -0.25) is 0 Å². The van der Waals surface area contributed by atoms with Crippen molar-refractivity contribution in [2.45, 2.75) is 23.9 Å². The minimum atomic E-state index is -0.462. The summed E-state index contributed by atoms with van der Waals surface area (Å²) in [7, 11) is 0. The molecule has 1 aromatic carbocycles. The molecule has 3 heterocycles. The molecule has 2 aliphatic rings. The number of aldehydes is 1. The molecule has 1 aromatic heterocycles. The van der Waals surface area contributed by atoms with Gasteiger partial charge in [-0.1, -0.05) is 22.0 Å². The van der Waals surface area contributed by atoms with Crippen LogP contribution in [0.1, 0.15) is 23.6 Å². The van der Waals surface area contributed by atoms with Crippen LogP contribution in [0.3, 0.4) is 0 Å². The monoisotopic (exact) mass is 387 g/mol. The van der Waals surface area contributed by atoms with Gasteiger partial charge in [-0.2, -0.15) is 0 Å². The first-order valence-electron chi connectivity index (χ1n) is 7.48. The Hall–Kier alpha value is -1.66. The van der Waals surface area contributed by atoms with E-state index in [0.717, 1.165) is 45.9 Å². The van der Waals surface area contributed by atoms with Gasteiger partial charge in [-0.25, -0.2) is 9.98 Å². The second-order valence-corrected chi connectivity index (χ2v) is 7.39. The van der Waals surface area contributed by atoms with Crippen molar-refractivity contribution in [2.75, 3.05) is 11.4 Å². The average molecular weight is 388 g/mol. The standard InChI is InChI=1S/C17H14BrN3OS/c18-12-5-6-15-11(9-12)3-2-8-21(15)17-20-14(10-22)13-4-1-7-19-16(13)23-17/h1,4-7,9-10,14H,2-3,8H2. The van der Waals surface area contributed by atoms with E-state index >= 15 is 0 Å². The summed E-state index contributed by atoms with van der Waals surface area (Å²) in [4.78, 5) is 22.8. The second-order valence-electron chi connectivity index (χ2n) is 5.52. The maximum atomic E-state index is 11.5. The van der Waals surface area contributed by atoms with Crippen LogP contribution < -0.4 is 4.90 Å².